The molecule has 114 valence electrons. The molecule has 0 radical (unpaired) electrons. The summed E-state index contributed by atoms with van der Waals surface area (Å²) in [5.41, 5.74) is 4.61. The standard InChI is InChI=1S/C18H18O2S2/c1-13(19)21-11-15-3-7-17(8-4-15)18-9-5-16(6-10-18)12-22-14(2)20/h3-10H,11-12H2,1-2H3. The molecule has 22 heavy (non-hydrogen) atoms. The van der Waals surface area contributed by atoms with Crippen LogP contribution in [0.2, 0.25) is 0 Å². The Kier molecular flexibility index (Phi) is 6.28. The Bertz CT molecular complexity index is 586. The van der Waals surface area contributed by atoms with Crippen LogP contribution in [0.25, 0.3) is 11.1 Å². The molecule has 0 aromatic heterocycles. The Hall–Kier alpha value is -1.52. The molecule has 0 aliphatic carbocycles. The molecule has 2 nitrogen and oxygen atoms in total. The lowest BCUT2D eigenvalue weighted by Crippen LogP contribution is -1.87. The van der Waals surface area contributed by atoms with Gasteiger partial charge in [-0.15, -0.1) is 0 Å². The monoisotopic (exact) mass is 330 g/mol. The highest BCUT2D eigenvalue weighted by Crippen LogP contribution is 2.23. The fourth-order valence-corrected chi connectivity index (χ4v) is 3.08. The van der Waals surface area contributed by atoms with Crippen LogP contribution in [0.5, 0.6) is 0 Å². The van der Waals surface area contributed by atoms with Crippen molar-refractivity contribution in [3.8, 4) is 11.1 Å². The summed E-state index contributed by atoms with van der Waals surface area (Å²) in [5.74, 6) is 1.44. The van der Waals surface area contributed by atoms with Crippen molar-refractivity contribution in [2.24, 2.45) is 0 Å². The van der Waals surface area contributed by atoms with Crippen molar-refractivity contribution >= 4 is 33.8 Å². The normalized spacial score (nSPS) is 10.5. The molecule has 0 amide bonds. The Labute approximate surface area is 139 Å². The largest absolute Gasteiger partial charge is 0.288 e. The molecular formula is C18H18O2S2. The van der Waals surface area contributed by atoms with Crippen molar-refractivity contribution in [2.45, 2.75) is 25.4 Å². The predicted octanol–water partition coefficient (Wildman–Crippen LogP) is 4.91. The molecule has 0 aliphatic heterocycles. The fraction of sp³-hybridized carbons (Fsp3) is 0.222. The van der Waals surface area contributed by atoms with E-state index in [1.165, 1.54) is 23.5 Å². The maximum absolute atomic E-state index is 11.0. The number of carbonyl (C=O) groups is 2. The number of hydrogen-bond donors (Lipinski definition) is 0. The average Bonchev–Trinajstić information content (AvgIpc) is 2.52. The number of benzene rings is 2. The molecular weight excluding hydrogens is 312 g/mol. The Morgan fingerprint density at radius 1 is 0.682 bits per heavy atom. The van der Waals surface area contributed by atoms with Gasteiger partial charge in [0.15, 0.2) is 10.2 Å². The number of rotatable bonds is 5. The SMILES string of the molecule is CC(=O)SCc1ccc(-c2ccc(CSC(C)=O)cc2)cc1. The van der Waals surface area contributed by atoms with Crippen molar-refractivity contribution in [2.75, 3.05) is 0 Å². The summed E-state index contributed by atoms with van der Waals surface area (Å²) in [5, 5.41) is 0.284. The van der Waals surface area contributed by atoms with E-state index >= 15 is 0 Å². The Balaban J connectivity index is 2.02. The molecule has 4 heteroatoms. The van der Waals surface area contributed by atoms with Gasteiger partial charge >= 0.3 is 0 Å². The molecule has 0 unspecified atom stereocenters. The fourth-order valence-electron chi connectivity index (χ4n) is 1.96. The van der Waals surface area contributed by atoms with Gasteiger partial charge in [0.05, 0.1) is 0 Å². The molecule has 2 aromatic carbocycles. The first-order valence-corrected chi connectivity index (χ1v) is 8.96. The van der Waals surface area contributed by atoms with Gasteiger partial charge in [0, 0.05) is 25.4 Å². The highest BCUT2D eigenvalue weighted by molar-refractivity contribution is 8.13. The smallest absolute Gasteiger partial charge is 0.186 e. The highest BCUT2D eigenvalue weighted by atomic mass is 32.2. The Morgan fingerprint density at radius 3 is 1.27 bits per heavy atom. The number of hydrogen-bond acceptors (Lipinski definition) is 4. The maximum Gasteiger partial charge on any atom is 0.186 e. The molecule has 2 aromatic rings. The average molecular weight is 330 g/mol. The minimum absolute atomic E-state index is 0.142. The van der Waals surface area contributed by atoms with Crippen molar-refractivity contribution in [1.82, 2.24) is 0 Å². The Morgan fingerprint density at radius 2 is 1.00 bits per heavy atom. The van der Waals surface area contributed by atoms with Gasteiger partial charge < -0.3 is 0 Å². The number of carbonyl (C=O) groups excluding carboxylic acids is 2. The van der Waals surface area contributed by atoms with Crippen molar-refractivity contribution in [3.05, 3.63) is 59.7 Å². The van der Waals surface area contributed by atoms with Crippen LogP contribution in [0.15, 0.2) is 48.5 Å². The second-order valence-electron chi connectivity index (χ2n) is 4.95. The zero-order valence-corrected chi connectivity index (χ0v) is 14.3. The third-order valence-corrected chi connectivity index (χ3v) is 4.89. The van der Waals surface area contributed by atoms with E-state index in [-0.39, 0.29) is 10.2 Å². The zero-order chi connectivity index (χ0) is 15.9. The second kappa shape index (κ2) is 8.20. The second-order valence-corrected chi connectivity index (χ2v) is 7.26. The summed E-state index contributed by atoms with van der Waals surface area (Å²) in [6.07, 6.45) is 0. The van der Waals surface area contributed by atoms with Crippen LogP contribution in [-0.2, 0) is 21.1 Å². The third-order valence-electron chi connectivity index (χ3n) is 3.13. The lowest BCUT2D eigenvalue weighted by atomic mass is 10.0. The van der Waals surface area contributed by atoms with E-state index in [4.69, 9.17) is 0 Å². The van der Waals surface area contributed by atoms with Gasteiger partial charge in [-0.3, -0.25) is 9.59 Å². The van der Waals surface area contributed by atoms with Crippen LogP contribution in [0, 0.1) is 0 Å². The molecule has 0 saturated heterocycles. The molecule has 0 fully saturated rings. The lowest BCUT2D eigenvalue weighted by molar-refractivity contribution is -0.109. The van der Waals surface area contributed by atoms with Gasteiger partial charge in [-0.05, 0) is 22.3 Å². The van der Waals surface area contributed by atoms with Gasteiger partial charge in [0.1, 0.15) is 0 Å². The first-order valence-electron chi connectivity index (χ1n) is 6.99. The molecule has 0 atom stereocenters. The van der Waals surface area contributed by atoms with E-state index in [1.807, 2.05) is 0 Å². The summed E-state index contributed by atoms with van der Waals surface area (Å²) >= 11 is 2.65. The highest BCUT2D eigenvalue weighted by Gasteiger charge is 2.02. The van der Waals surface area contributed by atoms with Gasteiger partial charge in [-0.2, -0.15) is 0 Å². The predicted molar refractivity (Wildman–Crippen MR) is 95.8 cm³/mol. The van der Waals surface area contributed by atoms with Gasteiger partial charge in [0.25, 0.3) is 0 Å². The zero-order valence-electron chi connectivity index (χ0n) is 12.7. The van der Waals surface area contributed by atoms with Crippen LogP contribution in [0.1, 0.15) is 25.0 Å². The lowest BCUT2D eigenvalue weighted by Gasteiger charge is -2.05. The summed E-state index contributed by atoms with van der Waals surface area (Å²) in [6.45, 7) is 3.18. The minimum atomic E-state index is 0.142. The quantitative estimate of drug-likeness (QED) is 0.780. The number of thioether (sulfide) groups is 2. The van der Waals surface area contributed by atoms with E-state index < -0.39 is 0 Å². The first-order chi connectivity index (χ1) is 10.5. The molecule has 0 bridgehead atoms. The summed E-state index contributed by atoms with van der Waals surface area (Å²) < 4.78 is 0. The van der Waals surface area contributed by atoms with E-state index in [0.717, 1.165) is 33.8 Å². The maximum atomic E-state index is 11.0. The molecule has 2 rings (SSSR count). The first kappa shape index (κ1) is 16.8. The van der Waals surface area contributed by atoms with Crippen LogP contribution >= 0.6 is 23.5 Å². The van der Waals surface area contributed by atoms with Crippen molar-refractivity contribution < 1.29 is 9.59 Å². The van der Waals surface area contributed by atoms with Gasteiger partial charge in [-0.25, -0.2) is 0 Å². The topological polar surface area (TPSA) is 34.1 Å². The minimum Gasteiger partial charge on any atom is -0.288 e. The molecule has 0 aliphatic rings. The van der Waals surface area contributed by atoms with Crippen LogP contribution < -0.4 is 0 Å². The van der Waals surface area contributed by atoms with Crippen molar-refractivity contribution in [1.29, 1.82) is 0 Å². The van der Waals surface area contributed by atoms with Crippen LogP contribution in [-0.4, -0.2) is 10.2 Å². The molecule has 0 saturated carbocycles. The van der Waals surface area contributed by atoms with Crippen LogP contribution in [0.3, 0.4) is 0 Å². The third kappa shape index (κ3) is 5.35. The summed E-state index contributed by atoms with van der Waals surface area (Å²) in [6, 6.07) is 16.6. The molecule has 0 N–H and O–H groups in total. The van der Waals surface area contributed by atoms with Crippen molar-refractivity contribution in [3.63, 3.8) is 0 Å². The van der Waals surface area contributed by atoms with Gasteiger partial charge in [0.2, 0.25) is 0 Å². The van der Waals surface area contributed by atoms with E-state index in [9.17, 15) is 9.59 Å². The van der Waals surface area contributed by atoms with Crippen LogP contribution in [0.4, 0.5) is 0 Å². The van der Waals surface area contributed by atoms with Gasteiger partial charge in [-0.1, -0.05) is 72.1 Å². The molecule has 0 heterocycles. The molecule has 0 spiro atoms. The summed E-state index contributed by atoms with van der Waals surface area (Å²) in [7, 11) is 0. The van der Waals surface area contributed by atoms with E-state index in [2.05, 4.69) is 48.5 Å². The summed E-state index contributed by atoms with van der Waals surface area (Å²) in [4.78, 5) is 21.9. The van der Waals surface area contributed by atoms with E-state index in [1.54, 1.807) is 13.8 Å². The van der Waals surface area contributed by atoms with E-state index in [0.29, 0.717) is 0 Å².